The van der Waals surface area contributed by atoms with Gasteiger partial charge in [0.25, 0.3) is 0 Å². The molecule has 2 unspecified atom stereocenters. The molecule has 5 heteroatoms. The molecule has 0 saturated heterocycles. The van der Waals surface area contributed by atoms with Gasteiger partial charge in [0.15, 0.2) is 0 Å². The highest BCUT2D eigenvalue weighted by Crippen LogP contribution is 2.07. The maximum Gasteiger partial charge on any atom is 0.323 e. The van der Waals surface area contributed by atoms with Crippen molar-refractivity contribution < 1.29 is 19.7 Å². The van der Waals surface area contributed by atoms with Gasteiger partial charge in [-0.1, -0.05) is 13.8 Å². The number of aliphatic carboxylic acids is 1. The van der Waals surface area contributed by atoms with Crippen LogP contribution < -0.4 is 5.32 Å². The summed E-state index contributed by atoms with van der Waals surface area (Å²) in [6, 6.07) is -0.722. The minimum Gasteiger partial charge on any atom is -0.480 e. The van der Waals surface area contributed by atoms with Crippen LogP contribution >= 0.6 is 0 Å². The normalized spacial score (nSPS) is 15.3. The van der Waals surface area contributed by atoms with Crippen molar-refractivity contribution in [2.45, 2.75) is 32.4 Å². The van der Waals surface area contributed by atoms with E-state index in [1.54, 1.807) is 0 Å². The highest BCUT2D eigenvalue weighted by atomic mass is 16.5. The van der Waals surface area contributed by atoms with Gasteiger partial charge in [0.2, 0.25) is 0 Å². The molecule has 0 heterocycles. The minimum atomic E-state index is -0.930. The number of methoxy groups -OCH3 is 1. The molecule has 0 fully saturated rings. The van der Waals surface area contributed by atoms with Crippen LogP contribution in [0.2, 0.25) is 0 Å². The number of rotatable bonds is 8. The monoisotopic (exact) mass is 219 g/mol. The SMILES string of the molecule is COCC(NC(CCO)C(C)C)C(=O)O. The van der Waals surface area contributed by atoms with Crippen molar-refractivity contribution in [3.63, 3.8) is 0 Å². The molecule has 0 rings (SSSR count). The van der Waals surface area contributed by atoms with Gasteiger partial charge in [-0.05, 0) is 12.3 Å². The molecule has 0 amide bonds. The second-order valence-electron chi connectivity index (χ2n) is 3.88. The Kier molecular flexibility index (Phi) is 7.29. The lowest BCUT2D eigenvalue weighted by Crippen LogP contribution is -2.48. The second kappa shape index (κ2) is 7.62. The van der Waals surface area contributed by atoms with Gasteiger partial charge < -0.3 is 14.9 Å². The third-order valence-corrected chi connectivity index (χ3v) is 2.29. The van der Waals surface area contributed by atoms with E-state index in [1.165, 1.54) is 7.11 Å². The fourth-order valence-corrected chi connectivity index (χ4v) is 1.36. The zero-order chi connectivity index (χ0) is 11.8. The number of carbonyl (C=O) groups is 1. The summed E-state index contributed by atoms with van der Waals surface area (Å²) in [4.78, 5) is 10.8. The summed E-state index contributed by atoms with van der Waals surface area (Å²) < 4.78 is 4.82. The predicted octanol–water partition coefficient (Wildman–Crippen LogP) is 0.0826. The van der Waals surface area contributed by atoms with Gasteiger partial charge in [-0.25, -0.2) is 0 Å². The van der Waals surface area contributed by atoms with Crippen LogP contribution in [0.3, 0.4) is 0 Å². The van der Waals surface area contributed by atoms with E-state index in [0.29, 0.717) is 6.42 Å². The van der Waals surface area contributed by atoms with Gasteiger partial charge in [0.1, 0.15) is 6.04 Å². The quantitative estimate of drug-likeness (QED) is 0.539. The third-order valence-electron chi connectivity index (χ3n) is 2.29. The van der Waals surface area contributed by atoms with E-state index in [1.807, 2.05) is 13.8 Å². The van der Waals surface area contributed by atoms with Crippen molar-refractivity contribution >= 4 is 5.97 Å². The van der Waals surface area contributed by atoms with Crippen molar-refractivity contribution in [3.8, 4) is 0 Å². The van der Waals surface area contributed by atoms with Crippen LogP contribution in [0.5, 0.6) is 0 Å². The number of nitrogens with one attached hydrogen (secondary N) is 1. The molecule has 5 nitrogen and oxygen atoms in total. The molecule has 0 aliphatic carbocycles. The summed E-state index contributed by atoms with van der Waals surface area (Å²) in [7, 11) is 1.47. The van der Waals surface area contributed by atoms with Crippen LogP contribution in [0.25, 0.3) is 0 Å². The van der Waals surface area contributed by atoms with E-state index >= 15 is 0 Å². The lowest BCUT2D eigenvalue weighted by atomic mass is 10.0. The molecule has 0 saturated carbocycles. The first-order valence-corrected chi connectivity index (χ1v) is 5.11. The van der Waals surface area contributed by atoms with Gasteiger partial charge in [0, 0.05) is 19.8 Å². The molecule has 15 heavy (non-hydrogen) atoms. The Morgan fingerprint density at radius 1 is 1.47 bits per heavy atom. The molecule has 3 N–H and O–H groups in total. The van der Waals surface area contributed by atoms with Crippen LogP contribution in [0.1, 0.15) is 20.3 Å². The number of carboxylic acids is 1. The summed E-state index contributed by atoms with van der Waals surface area (Å²) >= 11 is 0. The first-order valence-electron chi connectivity index (χ1n) is 5.11. The Morgan fingerprint density at radius 3 is 2.40 bits per heavy atom. The van der Waals surface area contributed by atoms with E-state index in [0.717, 1.165) is 0 Å². The number of ether oxygens (including phenoxy) is 1. The van der Waals surface area contributed by atoms with Gasteiger partial charge in [-0.3, -0.25) is 10.1 Å². The number of aliphatic hydroxyl groups is 1. The largest absolute Gasteiger partial charge is 0.480 e. The first kappa shape index (κ1) is 14.3. The molecule has 0 bridgehead atoms. The van der Waals surface area contributed by atoms with Crippen LogP contribution in [-0.2, 0) is 9.53 Å². The highest BCUT2D eigenvalue weighted by Gasteiger charge is 2.22. The van der Waals surface area contributed by atoms with E-state index in [-0.39, 0.29) is 25.2 Å². The minimum absolute atomic E-state index is 0.00810. The average molecular weight is 219 g/mol. The van der Waals surface area contributed by atoms with Crippen molar-refractivity contribution in [1.82, 2.24) is 5.32 Å². The first-order chi connectivity index (χ1) is 7.02. The Morgan fingerprint density at radius 2 is 2.07 bits per heavy atom. The zero-order valence-corrected chi connectivity index (χ0v) is 9.56. The summed E-state index contributed by atoms with van der Waals surface area (Å²) in [6.45, 7) is 4.15. The molecular weight excluding hydrogens is 198 g/mol. The molecule has 0 aromatic rings. The molecule has 0 spiro atoms. The third kappa shape index (κ3) is 5.71. The van der Waals surface area contributed by atoms with Gasteiger partial charge in [0.05, 0.1) is 6.61 Å². The van der Waals surface area contributed by atoms with Crippen molar-refractivity contribution in [2.75, 3.05) is 20.3 Å². The summed E-state index contributed by atoms with van der Waals surface area (Å²) in [5, 5.41) is 20.7. The molecular formula is C10H21NO4. The number of hydrogen-bond acceptors (Lipinski definition) is 4. The Bertz CT molecular complexity index is 184. The summed E-state index contributed by atoms with van der Waals surface area (Å²) in [5.74, 6) is -0.656. The van der Waals surface area contributed by atoms with E-state index < -0.39 is 12.0 Å². The molecule has 0 aromatic heterocycles. The summed E-state index contributed by atoms with van der Waals surface area (Å²) in [6.07, 6.45) is 0.547. The Hall–Kier alpha value is -0.650. The lowest BCUT2D eigenvalue weighted by molar-refractivity contribution is -0.141. The fraction of sp³-hybridized carbons (Fsp3) is 0.900. The Labute approximate surface area is 90.4 Å². The summed E-state index contributed by atoms with van der Waals surface area (Å²) in [5.41, 5.74) is 0. The number of carboxylic acid groups (broad SMARTS) is 1. The average Bonchev–Trinajstić information content (AvgIpc) is 2.15. The zero-order valence-electron chi connectivity index (χ0n) is 9.56. The smallest absolute Gasteiger partial charge is 0.323 e. The standard InChI is InChI=1S/C10H21NO4/c1-7(2)8(4-5-12)11-9(6-15-3)10(13)14/h7-9,11-12H,4-6H2,1-3H3,(H,13,14). The molecule has 0 aliphatic heterocycles. The van der Waals surface area contributed by atoms with Gasteiger partial charge in [-0.15, -0.1) is 0 Å². The highest BCUT2D eigenvalue weighted by molar-refractivity contribution is 5.73. The molecule has 0 aliphatic rings. The van der Waals surface area contributed by atoms with Crippen molar-refractivity contribution in [1.29, 1.82) is 0 Å². The van der Waals surface area contributed by atoms with E-state index in [2.05, 4.69) is 5.32 Å². The predicted molar refractivity (Wildman–Crippen MR) is 56.8 cm³/mol. The molecule has 2 atom stereocenters. The van der Waals surface area contributed by atoms with Crippen LogP contribution in [0.4, 0.5) is 0 Å². The molecule has 0 radical (unpaired) electrons. The fourth-order valence-electron chi connectivity index (χ4n) is 1.36. The van der Waals surface area contributed by atoms with Crippen LogP contribution in [-0.4, -0.2) is 48.6 Å². The van der Waals surface area contributed by atoms with Crippen LogP contribution in [0, 0.1) is 5.92 Å². The lowest BCUT2D eigenvalue weighted by Gasteiger charge is -2.25. The number of hydrogen-bond donors (Lipinski definition) is 3. The second-order valence-corrected chi connectivity index (χ2v) is 3.88. The van der Waals surface area contributed by atoms with E-state index in [9.17, 15) is 4.79 Å². The Balaban J connectivity index is 4.25. The van der Waals surface area contributed by atoms with Crippen molar-refractivity contribution in [2.24, 2.45) is 5.92 Å². The van der Waals surface area contributed by atoms with E-state index in [4.69, 9.17) is 14.9 Å². The molecule has 90 valence electrons. The topological polar surface area (TPSA) is 78.8 Å². The van der Waals surface area contributed by atoms with Crippen molar-refractivity contribution in [3.05, 3.63) is 0 Å². The van der Waals surface area contributed by atoms with Gasteiger partial charge >= 0.3 is 5.97 Å². The van der Waals surface area contributed by atoms with Crippen LogP contribution in [0.15, 0.2) is 0 Å². The molecule has 0 aromatic carbocycles. The maximum absolute atomic E-state index is 10.8. The number of aliphatic hydroxyl groups excluding tert-OH is 1. The van der Waals surface area contributed by atoms with Gasteiger partial charge in [-0.2, -0.15) is 0 Å². The maximum atomic E-state index is 10.8.